The number of rotatable bonds is 2. The zero-order valence-electron chi connectivity index (χ0n) is 9.58. The second kappa shape index (κ2) is 5.83. The molecule has 3 N–H and O–H groups in total. The molecule has 0 aromatic rings. The third-order valence-electron chi connectivity index (χ3n) is 3.70. The summed E-state index contributed by atoms with van der Waals surface area (Å²) in [7, 11) is 0. The normalized spacial score (nSPS) is 38.6. The fourth-order valence-electron chi connectivity index (χ4n) is 2.69. The van der Waals surface area contributed by atoms with E-state index in [9.17, 15) is 0 Å². The molecule has 1 unspecified atom stereocenters. The van der Waals surface area contributed by atoms with Crippen molar-refractivity contribution < 1.29 is 4.74 Å². The molecule has 0 radical (unpaired) electrons. The summed E-state index contributed by atoms with van der Waals surface area (Å²) in [4.78, 5) is 0. The monoisotopic (exact) mass is 212 g/mol. The third kappa shape index (κ3) is 3.74. The van der Waals surface area contributed by atoms with Gasteiger partial charge in [-0.05, 0) is 44.9 Å². The van der Waals surface area contributed by atoms with Crippen molar-refractivity contribution in [2.45, 2.75) is 63.1 Å². The second-order valence-electron chi connectivity index (χ2n) is 5.02. The quantitative estimate of drug-likeness (QED) is 0.727. The maximum atomic E-state index is 5.91. The summed E-state index contributed by atoms with van der Waals surface area (Å²) >= 11 is 0. The van der Waals surface area contributed by atoms with E-state index in [0.717, 1.165) is 13.2 Å². The van der Waals surface area contributed by atoms with Crippen LogP contribution < -0.4 is 11.1 Å². The van der Waals surface area contributed by atoms with Crippen LogP contribution in [-0.2, 0) is 4.74 Å². The summed E-state index contributed by atoms with van der Waals surface area (Å²) in [5.74, 6) is 0. The van der Waals surface area contributed by atoms with Crippen molar-refractivity contribution in [3.8, 4) is 0 Å². The minimum atomic E-state index is 0.459. The molecule has 0 bridgehead atoms. The third-order valence-corrected chi connectivity index (χ3v) is 3.70. The van der Waals surface area contributed by atoms with Crippen LogP contribution in [0.3, 0.4) is 0 Å². The van der Waals surface area contributed by atoms with Crippen molar-refractivity contribution >= 4 is 0 Å². The van der Waals surface area contributed by atoms with Crippen LogP contribution in [0.4, 0.5) is 0 Å². The van der Waals surface area contributed by atoms with E-state index in [1.807, 2.05) is 0 Å². The van der Waals surface area contributed by atoms with E-state index in [4.69, 9.17) is 10.5 Å². The molecule has 3 heteroatoms. The number of hydrogen-bond acceptors (Lipinski definition) is 3. The van der Waals surface area contributed by atoms with E-state index in [1.54, 1.807) is 0 Å². The predicted molar refractivity (Wildman–Crippen MR) is 61.8 cm³/mol. The Bertz CT molecular complexity index is 170. The van der Waals surface area contributed by atoms with E-state index in [1.165, 1.54) is 44.9 Å². The molecule has 0 aromatic carbocycles. The lowest BCUT2D eigenvalue weighted by atomic mass is 9.91. The van der Waals surface area contributed by atoms with Crippen molar-refractivity contribution in [2.75, 3.05) is 13.2 Å². The zero-order chi connectivity index (χ0) is 10.5. The Kier molecular flexibility index (Phi) is 4.42. The molecule has 0 spiro atoms. The van der Waals surface area contributed by atoms with E-state index in [-0.39, 0.29) is 0 Å². The van der Waals surface area contributed by atoms with Crippen LogP contribution in [0, 0.1) is 0 Å². The van der Waals surface area contributed by atoms with Crippen LogP contribution in [0.2, 0.25) is 0 Å². The number of hydrogen-bond donors (Lipinski definition) is 2. The van der Waals surface area contributed by atoms with Crippen molar-refractivity contribution in [1.29, 1.82) is 0 Å². The minimum absolute atomic E-state index is 0.459. The molecule has 1 saturated heterocycles. The minimum Gasteiger partial charge on any atom is -0.381 e. The first-order valence-corrected chi connectivity index (χ1v) is 6.44. The fraction of sp³-hybridized carbons (Fsp3) is 1.00. The van der Waals surface area contributed by atoms with Gasteiger partial charge in [0.05, 0.1) is 0 Å². The highest BCUT2D eigenvalue weighted by molar-refractivity contribution is 4.82. The Morgan fingerprint density at radius 3 is 2.40 bits per heavy atom. The van der Waals surface area contributed by atoms with Crippen LogP contribution in [0.1, 0.15) is 44.9 Å². The molecule has 88 valence electrons. The summed E-state index contributed by atoms with van der Waals surface area (Å²) in [6, 6.07) is 1.86. The van der Waals surface area contributed by atoms with E-state index in [0.29, 0.717) is 18.1 Å². The van der Waals surface area contributed by atoms with Gasteiger partial charge in [-0.25, -0.2) is 0 Å². The molecule has 1 aliphatic carbocycles. The van der Waals surface area contributed by atoms with Crippen molar-refractivity contribution in [3.63, 3.8) is 0 Å². The predicted octanol–water partition coefficient (Wildman–Crippen LogP) is 1.41. The highest BCUT2D eigenvalue weighted by atomic mass is 16.5. The molecular weight excluding hydrogens is 188 g/mol. The SMILES string of the molecule is NC1CCC(NC2CCCOCC2)CC1. The Morgan fingerprint density at radius 1 is 0.867 bits per heavy atom. The Labute approximate surface area is 92.7 Å². The maximum Gasteiger partial charge on any atom is 0.0480 e. The van der Waals surface area contributed by atoms with Gasteiger partial charge in [-0.1, -0.05) is 0 Å². The molecule has 1 saturated carbocycles. The van der Waals surface area contributed by atoms with Gasteiger partial charge in [-0.15, -0.1) is 0 Å². The largest absolute Gasteiger partial charge is 0.381 e. The second-order valence-corrected chi connectivity index (χ2v) is 5.02. The number of ether oxygens (including phenoxy) is 1. The van der Waals surface area contributed by atoms with Crippen molar-refractivity contribution in [3.05, 3.63) is 0 Å². The average Bonchev–Trinajstić information content (AvgIpc) is 2.50. The van der Waals surface area contributed by atoms with Crippen LogP contribution in [0.25, 0.3) is 0 Å². The average molecular weight is 212 g/mol. The van der Waals surface area contributed by atoms with Crippen molar-refractivity contribution in [1.82, 2.24) is 5.32 Å². The number of nitrogens with one attached hydrogen (secondary N) is 1. The highest BCUT2D eigenvalue weighted by Gasteiger charge is 2.21. The lowest BCUT2D eigenvalue weighted by Crippen LogP contribution is -2.42. The van der Waals surface area contributed by atoms with Crippen LogP contribution in [-0.4, -0.2) is 31.3 Å². The molecule has 2 rings (SSSR count). The Balaban J connectivity index is 1.70. The van der Waals surface area contributed by atoms with Gasteiger partial charge in [0.1, 0.15) is 0 Å². The lowest BCUT2D eigenvalue weighted by molar-refractivity contribution is 0.142. The van der Waals surface area contributed by atoms with E-state index >= 15 is 0 Å². The first-order chi connectivity index (χ1) is 7.34. The summed E-state index contributed by atoms with van der Waals surface area (Å²) in [6.45, 7) is 1.89. The lowest BCUT2D eigenvalue weighted by Gasteiger charge is -2.30. The molecule has 0 amide bonds. The Morgan fingerprint density at radius 2 is 1.60 bits per heavy atom. The molecule has 15 heavy (non-hydrogen) atoms. The van der Waals surface area contributed by atoms with Gasteiger partial charge in [0.2, 0.25) is 0 Å². The standard InChI is InChI=1S/C12H24N2O/c13-10-3-5-12(6-4-10)14-11-2-1-8-15-9-7-11/h10-12,14H,1-9,13H2. The van der Waals surface area contributed by atoms with Gasteiger partial charge in [0, 0.05) is 31.3 Å². The van der Waals surface area contributed by atoms with Crippen LogP contribution >= 0.6 is 0 Å². The molecule has 3 nitrogen and oxygen atoms in total. The zero-order valence-corrected chi connectivity index (χ0v) is 9.58. The van der Waals surface area contributed by atoms with Crippen LogP contribution in [0.5, 0.6) is 0 Å². The van der Waals surface area contributed by atoms with Gasteiger partial charge in [0.15, 0.2) is 0 Å². The van der Waals surface area contributed by atoms with Gasteiger partial charge in [0.25, 0.3) is 0 Å². The fourth-order valence-corrected chi connectivity index (χ4v) is 2.69. The molecule has 1 aliphatic heterocycles. The molecule has 2 fully saturated rings. The molecule has 1 heterocycles. The summed E-state index contributed by atoms with van der Waals surface area (Å²) in [5.41, 5.74) is 5.91. The molecular formula is C12H24N2O. The highest BCUT2D eigenvalue weighted by Crippen LogP contribution is 2.19. The summed E-state index contributed by atoms with van der Waals surface area (Å²) in [5, 5.41) is 3.78. The van der Waals surface area contributed by atoms with Crippen molar-refractivity contribution in [2.24, 2.45) is 5.73 Å². The number of nitrogens with two attached hydrogens (primary N) is 1. The first-order valence-electron chi connectivity index (χ1n) is 6.44. The van der Waals surface area contributed by atoms with Crippen LogP contribution in [0.15, 0.2) is 0 Å². The summed E-state index contributed by atoms with van der Waals surface area (Å²) in [6.07, 6.45) is 8.59. The topological polar surface area (TPSA) is 47.3 Å². The van der Waals surface area contributed by atoms with Gasteiger partial charge in [-0.3, -0.25) is 0 Å². The smallest absolute Gasteiger partial charge is 0.0480 e. The van der Waals surface area contributed by atoms with Gasteiger partial charge in [-0.2, -0.15) is 0 Å². The van der Waals surface area contributed by atoms with E-state index < -0.39 is 0 Å². The summed E-state index contributed by atoms with van der Waals surface area (Å²) < 4.78 is 5.47. The van der Waals surface area contributed by atoms with Gasteiger partial charge >= 0.3 is 0 Å². The first kappa shape index (κ1) is 11.4. The van der Waals surface area contributed by atoms with Gasteiger partial charge < -0.3 is 15.8 Å². The molecule has 0 aromatic heterocycles. The van der Waals surface area contributed by atoms with E-state index in [2.05, 4.69) is 5.32 Å². The maximum absolute atomic E-state index is 5.91. The Hall–Kier alpha value is -0.120. The molecule has 2 aliphatic rings. The molecule has 1 atom stereocenters.